The first-order valence-corrected chi connectivity index (χ1v) is 12.0. The molecule has 2 N–H and O–H groups in total. The summed E-state index contributed by atoms with van der Waals surface area (Å²) in [4.78, 5) is 20.8. The smallest absolute Gasteiger partial charge is 0.222 e. The number of aliphatic imine (C=N–C) groups is 1. The molecule has 3 rings (SSSR count). The highest BCUT2D eigenvalue weighted by molar-refractivity contribution is 7.91. The Morgan fingerprint density at radius 2 is 1.97 bits per heavy atom. The Bertz CT molecular complexity index is 853. The van der Waals surface area contributed by atoms with E-state index in [1.165, 1.54) is 0 Å². The average Bonchev–Trinajstić information content (AvgIpc) is 3.04. The monoisotopic (exact) mass is 441 g/mol. The first-order chi connectivity index (χ1) is 13.9. The largest absolute Gasteiger partial charge is 0.367 e. The van der Waals surface area contributed by atoms with Crippen molar-refractivity contribution in [2.45, 2.75) is 18.9 Å². The first-order valence-electron chi connectivity index (χ1n) is 9.83. The molecule has 2 heterocycles. The van der Waals surface area contributed by atoms with Crippen molar-refractivity contribution in [3.8, 4) is 0 Å². The highest BCUT2D eigenvalue weighted by Crippen LogP contribution is 2.26. The number of amides is 1. The van der Waals surface area contributed by atoms with Crippen molar-refractivity contribution in [2.75, 3.05) is 56.2 Å². The highest BCUT2D eigenvalue weighted by atomic mass is 35.5. The van der Waals surface area contributed by atoms with E-state index in [0.29, 0.717) is 13.0 Å². The SMILES string of the molecule is CN=C(NCCC(=O)NC1CCS(=O)(=O)C1)N1CCN(c2ccccc2Cl)CC1. The summed E-state index contributed by atoms with van der Waals surface area (Å²) < 4.78 is 23.0. The van der Waals surface area contributed by atoms with Crippen LogP contribution in [0.25, 0.3) is 0 Å². The normalized spacial score (nSPS) is 21.9. The molecule has 10 heteroatoms. The second-order valence-corrected chi connectivity index (χ2v) is 9.95. The van der Waals surface area contributed by atoms with Crippen LogP contribution in [-0.2, 0) is 14.6 Å². The van der Waals surface area contributed by atoms with Crippen LogP contribution in [0.5, 0.6) is 0 Å². The van der Waals surface area contributed by atoms with Crippen molar-refractivity contribution in [3.63, 3.8) is 0 Å². The maximum atomic E-state index is 12.1. The predicted molar refractivity (Wildman–Crippen MR) is 116 cm³/mol. The van der Waals surface area contributed by atoms with Crippen molar-refractivity contribution in [2.24, 2.45) is 4.99 Å². The highest BCUT2D eigenvalue weighted by Gasteiger charge is 2.28. The van der Waals surface area contributed by atoms with E-state index < -0.39 is 9.84 Å². The number of sulfone groups is 1. The maximum absolute atomic E-state index is 12.1. The third kappa shape index (κ3) is 5.99. The Morgan fingerprint density at radius 3 is 2.59 bits per heavy atom. The van der Waals surface area contributed by atoms with Crippen LogP contribution in [0, 0.1) is 0 Å². The van der Waals surface area contributed by atoms with Crippen LogP contribution in [0.1, 0.15) is 12.8 Å². The standard InChI is InChI=1S/C19H28ClN5O3S/c1-21-19(22-8-6-18(26)23-15-7-13-29(27,28)14-15)25-11-9-24(10-12-25)17-5-3-2-4-16(17)20/h2-5,15H,6-14H2,1H3,(H,21,22)(H,23,26). The lowest BCUT2D eigenvalue weighted by atomic mass is 10.2. The summed E-state index contributed by atoms with van der Waals surface area (Å²) >= 11 is 6.30. The summed E-state index contributed by atoms with van der Waals surface area (Å²) in [6, 6.07) is 7.58. The second-order valence-electron chi connectivity index (χ2n) is 7.32. The molecule has 0 radical (unpaired) electrons. The van der Waals surface area contributed by atoms with Crippen LogP contribution in [0.4, 0.5) is 5.69 Å². The topological polar surface area (TPSA) is 94.1 Å². The van der Waals surface area contributed by atoms with Gasteiger partial charge in [0.15, 0.2) is 15.8 Å². The number of piperazine rings is 1. The van der Waals surface area contributed by atoms with Crippen molar-refractivity contribution in [1.29, 1.82) is 0 Å². The fraction of sp³-hybridized carbons (Fsp3) is 0.579. The quantitative estimate of drug-likeness (QED) is 0.517. The fourth-order valence-electron chi connectivity index (χ4n) is 3.70. The van der Waals surface area contributed by atoms with Crippen molar-refractivity contribution < 1.29 is 13.2 Å². The molecule has 2 aliphatic heterocycles. The van der Waals surface area contributed by atoms with Gasteiger partial charge in [0.05, 0.1) is 22.2 Å². The van der Waals surface area contributed by atoms with Gasteiger partial charge in [-0.1, -0.05) is 23.7 Å². The van der Waals surface area contributed by atoms with Gasteiger partial charge in [-0.25, -0.2) is 8.42 Å². The molecule has 0 bridgehead atoms. The second kappa shape index (κ2) is 9.67. The minimum absolute atomic E-state index is 0.0452. The zero-order valence-corrected chi connectivity index (χ0v) is 18.2. The number of anilines is 1. The summed E-state index contributed by atoms with van der Waals surface area (Å²) in [5.74, 6) is 0.825. The van der Waals surface area contributed by atoms with E-state index in [4.69, 9.17) is 11.6 Å². The van der Waals surface area contributed by atoms with Crippen LogP contribution in [-0.4, -0.2) is 82.5 Å². The minimum Gasteiger partial charge on any atom is -0.367 e. The predicted octanol–water partition coefficient (Wildman–Crippen LogP) is 0.731. The number of para-hydroxylation sites is 1. The molecule has 1 unspecified atom stereocenters. The van der Waals surface area contributed by atoms with Crippen molar-refractivity contribution >= 4 is 39.0 Å². The Balaban J connectivity index is 1.41. The van der Waals surface area contributed by atoms with Gasteiger partial charge in [0.25, 0.3) is 0 Å². The zero-order chi connectivity index (χ0) is 20.9. The number of halogens is 1. The maximum Gasteiger partial charge on any atom is 0.222 e. The lowest BCUT2D eigenvalue weighted by Gasteiger charge is -2.38. The molecule has 1 aromatic rings. The minimum atomic E-state index is -2.99. The zero-order valence-electron chi connectivity index (χ0n) is 16.6. The lowest BCUT2D eigenvalue weighted by Crippen LogP contribution is -2.53. The van der Waals surface area contributed by atoms with Gasteiger partial charge in [-0.05, 0) is 18.6 Å². The van der Waals surface area contributed by atoms with E-state index in [2.05, 4.69) is 25.4 Å². The molecule has 0 aromatic heterocycles. The molecule has 1 atom stereocenters. The molecule has 0 aliphatic carbocycles. The van der Waals surface area contributed by atoms with E-state index in [0.717, 1.165) is 42.8 Å². The molecule has 29 heavy (non-hydrogen) atoms. The Kier molecular flexibility index (Phi) is 7.23. The molecular weight excluding hydrogens is 414 g/mol. The summed E-state index contributed by atoms with van der Waals surface area (Å²) in [5, 5.41) is 6.79. The molecule has 1 amide bonds. The summed E-state index contributed by atoms with van der Waals surface area (Å²) in [6.45, 7) is 3.72. The van der Waals surface area contributed by atoms with E-state index >= 15 is 0 Å². The molecule has 2 aliphatic rings. The lowest BCUT2D eigenvalue weighted by molar-refractivity contribution is -0.121. The number of hydrogen-bond acceptors (Lipinski definition) is 5. The number of nitrogens with one attached hydrogen (secondary N) is 2. The summed E-state index contributed by atoms with van der Waals surface area (Å²) in [5.41, 5.74) is 1.04. The van der Waals surface area contributed by atoms with Gasteiger partial charge in [-0.2, -0.15) is 0 Å². The summed E-state index contributed by atoms with van der Waals surface area (Å²) in [7, 11) is -1.26. The molecule has 8 nitrogen and oxygen atoms in total. The van der Waals surface area contributed by atoms with Crippen LogP contribution in [0.3, 0.4) is 0 Å². The van der Waals surface area contributed by atoms with Gasteiger partial charge in [-0.3, -0.25) is 9.79 Å². The number of benzene rings is 1. The van der Waals surface area contributed by atoms with Crippen molar-refractivity contribution in [1.82, 2.24) is 15.5 Å². The molecule has 2 saturated heterocycles. The summed E-state index contributed by atoms with van der Waals surface area (Å²) in [6.07, 6.45) is 0.772. The van der Waals surface area contributed by atoms with Crippen molar-refractivity contribution in [3.05, 3.63) is 29.3 Å². The Labute approximate surface area is 177 Å². The molecule has 1 aromatic carbocycles. The number of rotatable bonds is 5. The average molecular weight is 442 g/mol. The molecule has 2 fully saturated rings. The van der Waals surface area contributed by atoms with E-state index in [1.807, 2.05) is 24.3 Å². The fourth-order valence-corrected chi connectivity index (χ4v) is 5.62. The third-order valence-electron chi connectivity index (χ3n) is 5.22. The number of hydrogen-bond donors (Lipinski definition) is 2. The number of guanidine groups is 1. The Hall–Kier alpha value is -2.00. The van der Waals surface area contributed by atoms with Gasteiger partial charge < -0.3 is 20.4 Å². The van der Waals surface area contributed by atoms with Gasteiger partial charge in [0, 0.05) is 52.2 Å². The van der Waals surface area contributed by atoms with Gasteiger partial charge in [-0.15, -0.1) is 0 Å². The molecule has 0 spiro atoms. The van der Waals surface area contributed by atoms with E-state index in [9.17, 15) is 13.2 Å². The van der Waals surface area contributed by atoms with Crippen LogP contribution >= 0.6 is 11.6 Å². The van der Waals surface area contributed by atoms with Crippen LogP contribution in [0.2, 0.25) is 5.02 Å². The van der Waals surface area contributed by atoms with Gasteiger partial charge in [0.2, 0.25) is 5.91 Å². The molecular formula is C19H28ClN5O3S. The first kappa shape index (κ1) is 21.7. The van der Waals surface area contributed by atoms with Gasteiger partial charge >= 0.3 is 0 Å². The number of nitrogens with zero attached hydrogens (tertiary/aromatic N) is 3. The van der Waals surface area contributed by atoms with Crippen LogP contribution < -0.4 is 15.5 Å². The number of carbonyl (C=O) groups is 1. The molecule has 160 valence electrons. The van der Waals surface area contributed by atoms with Crippen LogP contribution in [0.15, 0.2) is 29.3 Å². The third-order valence-corrected chi connectivity index (χ3v) is 7.30. The molecule has 0 saturated carbocycles. The van der Waals surface area contributed by atoms with E-state index in [-0.39, 0.29) is 29.9 Å². The Morgan fingerprint density at radius 1 is 1.24 bits per heavy atom. The number of carbonyl (C=O) groups excluding carboxylic acids is 1. The van der Waals surface area contributed by atoms with Gasteiger partial charge in [0.1, 0.15) is 0 Å². The van der Waals surface area contributed by atoms with E-state index in [1.54, 1.807) is 7.05 Å².